The predicted octanol–water partition coefficient (Wildman–Crippen LogP) is 1.30. The van der Waals surface area contributed by atoms with E-state index in [0.717, 1.165) is 17.1 Å². The molecule has 0 unspecified atom stereocenters. The summed E-state index contributed by atoms with van der Waals surface area (Å²) in [5.41, 5.74) is 5.62. The summed E-state index contributed by atoms with van der Waals surface area (Å²) in [6.45, 7) is 8.49. The minimum Gasteiger partial charge on any atom is -0.460 e. The monoisotopic (exact) mass is 841 g/mol. The molecule has 2 atom stereocenters. The highest BCUT2D eigenvalue weighted by Crippen LogP contribution is 2.18. The summed E-state index contributed by atoms with van der Waals surface area (Å²) in [5.74, 6) is -4.30. The second kappa shape index (κ2) is 21.1. The highest BCUT2D eigenvalue weighted by atomic mass is 127. The standard InChI is InChI=1S/C34H48IN7O10/c1-21(2)29(40-25(43)14-16-41(17-18-52-35)28(46)19-42-26(44)12-13-27(42)45)31(48)39-24(7-6-15-37-33(36)50)30(47)38-23-10-8-22(9-11-23)20-51-32(49)34(3,4)5/h8-13,21,24,29H,6-7,14-20H2,1-5H3,(H,38,47)(H,39,48)(H,40,43)(H3,36,37,50)/t24-,29-/m0/s1. The Morgan fingerprint density at radius 1 is 0.942 bits per heavy atom. The number of amides is 8. The summed E-state index contributed by atoms with van der Waals surface area (Å²) in [4.78, 5) is 102. The summed E-state index contributed by atoms with van der Waals surface area (Å²) in [7, 11) is 0. The normalized spacial score (nSPS) is 13.7. The van der Waals surface area contributed by atoms with Gasteiger partial charge in [-0.25, -0.2) is 4.79 Å². The molecule has 0 bridgehead atoms. The zero-order valence-corrected chi connectivity index (χ0v) is 32.1. The Labute approximate surface area is 316 Å². The van der Waals surface area contributed by atoms with Gasteiger partial charge >= 0.3 is 12.0 Å². The first kappa shape index (κ1) is 43.6. The van der Waals surface area contributed by atoms with Crippen molar-refractivity contribution >= 4 is 76.1 Å². The van der Waals surface area contributed by atoms with Crippen molar-refractivity contribution in [1.29, 1.82) is 0 Å². The highest BCUT2D eigenvalue weighted by Gasteiger charge is 2.31. The molecule has 6 N–H and O–H groups in total. The highest BCUT2D eigenvalue weighted by molar-refractivity contribution is 14.1. The number of rotatable bonds is 20. The van der Waals surface area contributed by atoms with Crippen molar-refractivity contribution in [1.82, 2.24) is 25.8 Å². The van der Waals surface area contributed by atoms with Crippen LogP contribution in [0.1, 0.15) is 59.4 Å². The van der Waals surface area contributed by atoms with E-state index in [4.69, 9.17) is 13.5 Å². The number of carbonyl (C=O) groups is 8. The minimum absolute atomic E-state index is 0.0533. The maximum atomic E-state index is 13.5. The van der Waals surface area contributed by atoms with Gasteiger partial charge in [0.15, 0.2) is 0 Å². The molecular weight excluding hydrogens is 793 g/mol. The van der Waals surface area contributed by atoms with Crippen LogP contribution < -0.4 is 27.0 Å². The zero-order chi connectivity index (χ0) is 39.0. The Hall–Kier alpha value is -4.59. The van der Waals surface area contributed by atoms with Gasteiger partial charge in [-0.3, -0.25) is 38.5 Å². The van der Waals surface area contributed by atoms with Crippen LogP contribution in [-0.4, -0.2) is 102 Å². The number of primary amides is 1. The Kier molecular flexibility index (Phi) is 17.6. The third-order valence-corrected chi connectivity index (χ3v) is 8.11. The van der Waals surface area contributed by atoms with E-state index in [1.165, 1.54) is 4.90 Å². The molecule has 52 heavy (non-hydrogen) atoms. The van der Waals surface area contributed by atoms with Gasteiger partial charge in [0.25, 0.3) is 11.8 Å². The molecule has 1 aliphatic heterocycles. The van der Waals surface area contributed by atoms with Crippen molar-refractivity contribution in [2.75, 3.05) is 38.1 Å². The lowest BCUT2D eigenvalue weighted by atomic mass is 9.97. The van der Waals surface area contributed by atoms with Crippen LogP contribution in [0.3, 0.4) is 0 Å². The summed E-state index contributed by atoms with van der Waals surface area (Å²) >= 11 is 1.66. The van der Waals surface area contributed by atoms with Crippen molar-refractivity contribution in [3.63, 3.8) is 0 Å². The molecule has 286 valence electrons. The van der Waals surface area contributed by atoms with Gasteiger partial charge in [-0.15, -0.1) is 0 Å². The number of ether oxygens (including phenoxy) is 1. The Bertz CT molecular complexity index is 1480. The van der Waals surface area contributed by atoms with Crippen molar-refractivity contribution in [2.45, 2.75) is 72.6 Å². The molecule has 1 aromatic rings. The largest absolute Gasteiger partial charge is 0.460 e. The number of esters is 1. The number of imide groups is 1. The fourth-order valence-corrected chi connectivity index (χ4v) is 4.87. The second-order valence-corrected chi connectivity index (χ2v) is 14.0. The molecule has 17 nitrogen and oxygen atoms in total. The third-order valence-electron chi connectivity index (χ3n) is 7.66. The molecule has 0 saturated heterocycles. The van der Waals surface area contributed by atoms with Crippen molar-refractivity contribution in [3.05, 3.63) is 42.0 Å². The molecule has 1 aliphatic rings. The average Bonchev–Trinajstić information content (AvgIpc) is 3.39. The predicted molar refractivity (Wildman–Crippen MR) is 197 cm³/mol. The molecule has 0 spiro atoms. The number of nitrogens with zero attached hydrogens (tertiary/aromatic N) is 2. The van der Waals surface area contributed by atoms with Crippen LogP contribution in [0.2, 0.25) is 0 Å². The minimum atomic E-state index is -1.07. The van der Waals surface area contributed by atoms with E-state index in [1.54, 1.807) is 81.9 Å². The zero-order valence-electron chi connectivity index (χ0n) is 30.0. The molecule has 1 heterocycles. The quantitative estimate of drug-likeness (QED) is 0.0546. The number of nitrogens with one attached hydrogen (secondary N) is 4. The van der Waals surface area contributed by atoms with Crippen LogP contribution in [0.4, 0.5) is 10.5 Å². The number of benzene rings is 1. The molecule has 18 heteroatoms. The molecule has 0 saturated carbocycles. The van der Waals surface area contributed by atoms with Gasteiger partial charge in [-0.2, -0.15) is 0 Å². The fraction of sp³-hybridized carbons (Fsp3) is 0.529. The van der Waals surface area contributed by atoms with Crippen molar-refractivity contribution < 1.29 is 46.2 Å². The number of carbonyl (C=O) groups excluding carboxylic acids is 8. The molecule has 8 amide bonds. The van der Waals surface area contributed by atoms with Crippen LogP contribution in [-0.2, 0) is 48.0 Å². The second-order valence-electron chi connectivity index (χ2n) is 13.3. The van der Waals surface area contributed by atoms with Crippen molar-refractivity contribution in [3.8, 4) is 0 Å². The number of anilines is 1. The molecule has 0 radical (unpaired) electrons. The molecule has 1 aromatic carbocycles. The number of halogens is 1. The van der Waals surface area contributed by atoms with E-state index in [1.807, 2.05) is 0 Å². The van der Waals surface area contributed by atoms with Crippen LogP contribution >= 0.6 is 23.0 Å². The maximum Gasteiger partial charge on any atom is 0.312 e. The van der Waals surface area contributed by atoms with E-state index in [0.29, 0.717) is 11.3 Å². The summed E-state index contributed by atoms with van der Waals surface area (Å²) < 4.78 is 10.4. The average molecular weight is 842 g/mol. The van der Waals surface area contributed by atoms with Gasteiger partial charge in [0.1, 0.15) is 48.2 Å². The summed E-state index contributed by atoms with van der Waals surface area (Å²) in [5, 5.41) is 10.6. The number of urea groups is 1. The number of nitrogens with two attached hydrogens (primary N) is 1. The lowest BCUT2D eigenvalue weighted by Crippen LogP contribution is -2.55. The van der Waals surface area contributed by atoms with Gasteiger partial charge in [-0.05, 0) is 57.2 Å². The molecule has 0 fully saturated rings. The molecule has 0 aliphatic carbocycles. The van der Waals surface area contributed by atoms with Crippen LogP contribution in [0.15, 0.2) is 36.4 Å². The summed E-state index contributed by atoms with van der Waals surface area (Å²) in [6, 6.07) is 3.76. The molecule has 0 aromatic heterocycles. The maximum absolute atomic E-state index is 13.5. The Morgan fingerprint density at radius 3 is 2.13 bits per heavy atom. The Balaban J connectivity index is 2.07. The number of hydrogen-bond donors (Lipinski definition) is 5. The van der Waals surface area contributed by atoms with E-state index < -0.39 is 71.4 Å². The van der Waals surface area contributed by atoms with Crippen LogP contribution in [0.25, 0.3) is 0 Å². The van der Waals surface area contributed by atoms with Crippen LogP contribution in [0, 0.1) is 11.3 Å². The lowest BCUT2D eigenvalue weighted by molar-refractivity contribution is -0.154. The first-order chi connectivity index (χ1) is 24.4. The fourth-order valence-electron chi connectivity index (χ4n) is 4.67. The van der Waals surface area contributed by atoms with Gasteiger partial charge in [0.05, 0.1) is 12.0 Å². The molecular formula is C34H48IN7O10. The van der Waals surface area contributed by atoms with Gasteiger partial charge < -0.3 is 39.7 Å². The van der Waals surface area contributed by atoms with E-state index >= 15 is 0 Å². The van der Waals surface area contributed by atoms with E-state index in [9.17, 15) is 38.4 Å². The van der Waals surface area contributed by atoms with E-state index in [2.05, 4.69) is 21.3 Å². The first-order valence-corrected chi connectivity index (χ1v) is 17.6. The topological polar surface area (TPSA) is 236 Å². The number of hydrogen-bond acceptors (Lipinski definition) is 10. The van der Waals surface area contributed by atoms with Crippen LogP contribution in [0.5, 0.6) is 0 Å². The third kappa shape index (κ3) is 14.9. The lowest BCUT2D eigenvalue weighted by Gasteiger charge is -2.27. The van der Waals surface area contributed by atoms with Gasteiger partial charge in [0.2, 0.25) is 23.6 Å². The Morgan fingerprint density at radius 2 is 1.58 bits per heavy atom. The van der Waals surface area contributed by atoms with Crippen molar-refractivity contribution in [2.24, 2.45) is 17.1 Å². The van der Waals surface area contributed by atoms with E-state index in [-0.39, 0.29) is 58.1 Å². The molecule has 2 rings (SSSR count). The first-order valence-electron chi connectivity index (χ1n) is 16.7. The SMILES string of the molecule is CC(C)[C@H](NC(=O)CCN(CCOI)C(=O)CN1C(=O)C=CC1=O)C(=O)N[C@@H](CCCNC(N)=O)C(=O)Nc1ccc(COC(=O)C(C)(C)C)cc1. The smallest absolute Gasteiger partial charge is 0.312 e. The summed E-state index contributed by atoms with van der Waals surface area (Å²) in [6.07, 6.45) is 2.33. The van der Waals surface area contributed by atoms with Gasteiger partial charge in [-0.1, -0.05) is 26.0 Å². The van der Waals surface area contributed by atoms with Gasteiger partial charge in [0, 0.05) is 43.9 Å².